The fourth-order valence-corrected chi connectivity index (χ4v) is 6.25. The van der Waals surface area contributed by atoms with E-state index in [0.29, 0.717) is 17.3 Å². The molecule has 3 unspecified atom stereocenters. The highest BCUT2D eigenvalue weighted by molar-refractivity contribution is 6.30. The third-order valence-corrected chi connectivity index (χ3v) is 7.99. The van der Waals surface area contributed by atoms with Gasteiger partial charge in [0.2, 0.25) is 17.7 Å². The number of amides is 3. The second-order valence-electron chi connectivity index (χ2n) is 9.93. The molecule has 0 aromatic heterocycles. The molecule has 8 heteroatoms. The van der Waals surface area contributed by atoms with Crippen LogP contribution < -0.4 is 10.6 Å². The van der Waals surface area contributed by atoms with Crippen LogP contribution in [0, 0.1) is 11.8 Å². The number of likely N-dealkylation sites (tertiary alicyclic amines) is 1. The van der Waals surface area contributed by atoms with Crippen LogP contribution in [0.2, 0.25) is 5.02 Å². The van der Waals surface area contributed by atoms with Crippen molar-refractivity contribution < 1.29 is 19.1 Å². The molecule has 3 heterocycles. The first kappa shape index (κ1) is 23.4. The van der Waals surface area contributed by atoms with Gasteiger partial charge < -0.3 is 20.3 Å². The van der Waals surface area contributed by atoms with Crippen molar-refractivity contribution in [2.75, 3.05) is 11.9 Å². The van der Waals surface area contributed by atoms with Crippen molar-refractivity contribution in [3.8, 4) is 0 Å². The van der Waals surface area contributed by atoms with Crippen molar-refractivity contribution in [2.45, 2.75) is 75.7 Å². The summed E-state index contributed by atoms with van der Waals surface area (Å²) in [7, 11) is 0. The minimum Gasteiger partial charge on any atom is -0.359 e. The maximum absolute atomic E-state index is 13.7. The lowest BCUT2D eigenvalue weighted by Gasteiger charge is -2.34. The van der Waals surface area contributed by atoms with Crippen molar-refractivity contribution in [2.24, 2.45) is 11.8 Å². The number of hydrogen-bond donors (Lipinski definition) is 2. The van der Waals surface area contributed by atoms with Crippen LogP contribution >= 0.6 is 11.6 Å². The van der Waals surface area contributed by atoms with Crippen LogP contribution in [0.25, 0.3) is 0 Å². The average Bonchev–Trinajstić information content (AvgIpc) is 3.47. The standard InChI is InChI=1S/C26H32ClN3O4/c1-2-3-15-30-22(24(32)29-17-7-5-4-6-8-17)26-14-13-19(34-26)20(21(26)25(30)33)23(31)28-18-11-9-16(27)10-12-18/h9-14,17,19-22H,2-8,15H2,1H3,(H,28,31)(H,29,32)/t19-,20?,21-,22?,26?/m1/s1. The summed E-state index contributed by atoms with van der Waals surface area (Å²) in [6.45, 7) is 2.53. The summed E-state index contributed by atoms with van der Waals surface area (Å²) >= 11 is 5.96. The number of unbranched alkanes of at least 4 members (excludes halogenated alkanes) is 1. The summed E-state index contributed by atoms with van der Waals surface area (Å²) < 4.78 is 6.36. The number of nitrogens with one attached hydrogen (secondary N) is 2. The van der Waals surface area contributed by atoms with Crippen LogP contribution in [-0.4, -0.2) is 53.0 Å². The zero-order valence-electron chi connectivity index (χ0n) is 19.5. The van der Waals surface area contributed by atoms with Gasteiger partial charge in [0, 0.05) is 23.3 Å². The van der Waals surface area contributed by atoms with E-state index in [4.69, 9.17) is 16.3 Å². The smallest absolute Gasteiger partial charge is 0.246 e. The molecule has 2 N–H and O–H groups in total. The lowest BCUT2D eigenvalue weighted by atomic mass is 9.74. The number of carbonyl (C=O) groups excluding carboxylic acids is 3. The molecule has 2 saturated heterocycles. The van der Waals surface area contributed by atoms with Crippen molar-refractivity contribution in [1.29, 1.82) is 0 Å². The van der Waals surface area contributed by atoms with Gasteiger partial charge in [0.25, 0.3) is 0 Å². The number of carbonyl (C=O) groups is 3. The molecule has 2 bridgehead atoms. The number of fused-ring (bicyclic) bond motifs is 1. The number of ether oxygens (including phenoxy) is 1. The van der Waals surface area contributed by atoms with Gasteiger partial charge in [-0.05, 0) is 43.5 Å². The Hall–Kier alpha value is -2.38. The third-order valence-electron chi connectivity index (χ3n) is 7.74. The predicted octanol–water partition coefficient (Wildman–Crippen LogP) is 3.68. The van der Waals surface area contributed by atoms with E-state index in [9.17, 15) is 14.4 Å². The van der Waals surface area contributed by atoms with Crippen LogP contribution in [0.5, 0.6) is 0 Å². The molecule has 4 aliphatic rings. The van der Waals surface area contributed by atoms with E-state index in [2.05, 4.69) is 17.6 Å². The Balaban J connectivity index is 1.42. The molecule has 5 rings (SSSR count). The molecular formula is C26H32ClN3O4. The van der Waals surface area contributed by atoms with Crippen LogP contribution in [-0.2, 0) is 19.1 Å². The highest BCUT2D eigenvalue weighted by Gasteiger charge is 2.72. The van der Waals surface area contributed by atoms with Gasteiger partial charge in [-0.25, -0.2) is 0 Å². The minimum atomic E-state index is -1.10. The molecule has 0 radical (unpaired) electrons. The van der Waals surface area contributed by atoms with Gasteiger partial charge in [-0.1, -0.05) is 56.4 Å². The quantitative estimate of drug-likeness (QED) is 0.577. The maximum Gasteiger partial charge on any atom is 0.246 e. The Morgan fingerprint density at radius 3 is 2.59 bits per heavy atom. The van der Waals surface area contributed by atoms with Crippen molar-refractivity contribution in [3.63, 3.8) is 0 Å². The first-order valence-corrected chi connectivity index (χ1v) is 12.9. The first-order valence-electron chi connectivity index (χ1n) is 12.5. The van der Waals surface area contributed by atoms with Crippen molar-refractivity contribution in [3.05, 3.63) is 41.4 Å². The molecule has 34 heavy (non-hydrogen) atoms. The van der Waals surface area contributed by atoms with Crippen molar-refractivity contribution in [1.82, 2.24) is 10.2 Å². The Morgan fingerprint density at radius 1 is 1.15 bits per heavy atom. The van der Waals surface area contributed by atoms with Crippen molar-refractivity contribution >= 4 is 35.0 Å². The van der Waals surface area contributed by atoms with E-state index in [1.807, 2.05) is 12.2 Å². The topological polar surface area (TPSA) is 87.7 Å². The van der Waals surface area contributed by atoms with Crippen LogP contribution in [0.1, 0.15) is 51.9 Å². The predicted molar refractivity (Wildman–Crippen MR) is 129 cm³/mol. The van der Waals surface area contributed by atoms with E-state index >= 15 is 0 Å². The lowest BCUT2D eigenvalue weighted by Crippen LogP contribution is -2.56. The largest absolute Gasteiger partial charge is 0.359 e. The minimum absolute atomic E-state index is 0.131. The lowest BCUT2D eigenvalue weighted by molar-refractivity contribution is -0.141. The second-order valence-corrected chi connectivity index (χ2v) is 10.4. The summed E-state index contributed by atoms with van der Waals surface area (Å²) in [6, 6.07) is 6.23. The molecule has 7 nitrogen and oxygen atoms in total. The number of benzene rings is 1. The Labute approximate surface area is 205 Å². The molecule has 182 valence electrons. The molecule has 3 fully saturated rings. The molecule has 1 saturated carbocycles. The SMILES string of the molecule is CCCCN1C(=O)[C@H]2C(C(=O)Nc3ccc(Cl)cc3)[C@H]3C=CC2(O3)C1C(=O)NC1CCCCC1. The van der Waals surface area contributed by atoms with Crippen LogP contribution in [0.3, 0.4) is 0 Å². The summed E-state index contributed by atoms with van der Waals surface area (Å²) in [5.74, 6) is -2.01. The number of rotatable bonds is 7. The number of halogens is 1. The summed E-state index contributed by atoms with van der Waals surface area (Å²) in [6.07, 6.45) is 10.2. The van der Waals surface area contributed by atoms with E-state index in [1.165, 1.54) is 6.42 Å². The summed E-state index contributed by atoms with van der Waals surface area (Å²) in [5.41, 5.74) is -0.494. The second kappa shape index (κ2) is 9.34. The van der Waals surface area contributed by atoms with Crippen LogP contribution in [0.15, 0.2) is 36.4 Å². The van der Waals surface area contributed by atoms with E-state index < -0.39 is 29.6 Å². The van der Waals surface area contributed by atoms with Gasteiger partial charge in [0.15, 0.2) is 0 Å². The zero-order valence-corrected chi connectivity index (χ0v) is 20.2. The molecule has 1 aromatic carbocycles. The molecule has 5 atom stereocenters. The van der Waals surface area contributed by atoms with Crippen LogP contribution in [0.4, 0.5) is 5.69 Å². The normalized spacial score (nSPS) is 32.2. The van der Waals surface area contributed by atoms with E-state index in [1.54, 1.807) is 29.2 Å². The first-order chi connectivity index (χ1) is 16.4. The molecule has 3 amide bonds. The Kier molecular flexibility index (Phi) is 6.42. The fraction of sp³-hybridized carbons (Fsp3) is 0.577. The zero-order chi connectivity index (χ0) is 23.9. The molecular weight excluding hydrogens is 454 g/mol. The third kappa shape index (κ3) is 3.93. The highest BCUT2D eigenvalue weighted by Crippen LogP contribution is 2.55. The molecule has 1 aliphatic carbocycles. The maximum atomic E-state index is 13.7. The molecule has 1 spiro atoms. The van der Waals surface area contributed by atoms with Gasteiger partial charge in [0.1, 0.15) is 11.6 Å². The van der Waals surface area contributed by atoms with Gasteiger partial charge in [-0.15, -0.1) is 0 Å². The molecule has 3 aliphatic heterocycles. The summed E-state index contributed by atoms with van der Waals surface area (Å²) in [4.78, 5) is 42.4. The van der Waals surface area contributed by atoms with Gasteiger partial charge in [-0.2, -0.15) is 0 Å². The number of hydrogen-bond acceptors (Lipinski definition) is 4. The van der Waals surface area contributed by atoms with Gasteiger partial charge >= 0.3 is 0 Å². The number of nitrogens with zero attached hydrogens (tertiary/aromatic N) is 1. The monoisotopic (exact) mass is 485 g/mol. The van der Waals surface area contributed by atoms with Gasteiger partial charge in [-0.3, -0.25) is 14.4 Å². The van der Waals surface area contributed by atoms with E-state index in [0.717, 1.165) is 38.5 Å². The Morgan fingerprint density at radius 2 is 1.88 bits per heavy atom. The average molecular weight is 486 g/mol. The highest BCUT2D eigenvalue weighted by atomic mass is 35.5. The van der Waals surface area contributed by atoms with Gasteiger partial charge in [0.05, 0.1) is 17.9 Å². The fourth-order valence-electron chi connectivity index (χ4n) is 6.12. The summed E-state index contributed by atoms with van der Waals surface area (Å²) in [5, 5.41) is 6.69. The molecule has 1 aromatic rings. The van der Waals surface area contributed by atoms with E-state index in [-0.39, 0.29) is 23.8 Å². The Bertz CT molecular complexity index is 990. The number of anilines is 1.